The molecule has 200 valence electrons. The van der Waals surface area contributed by atoms with Crippen LogP contribution in [-0.4, -0.2) is 69.0 Å². The number of hydrogen-bond donors (Lipinski definition) is 1. The summed E-state index contributed by atoms with van der Waals surface area (Å²) in [5.41, 5.74) is 3.67. The van der Waals surface area contributed by atoms with E-state index in [0.29, 0.717) is 42.9 Å². The fraction of sp³-hybridized carbons (Fsp3) is 0.519. The van der Waals surface area contributed by atoms with Crippen molar-refractivity contribution >= 4 is 35.1 Å². The number of nitrogens with zero attached hydrogens (tertiary/aromatic N) is 5. The first kappa shape index (κ1) is 25.5. The first-order valence-corrected chi connectivity index (χ1v) is 13.1. The standard InChI is InChI=1S/C27H32BF2N5O3/c1-26(2)27(3,4)38-28(37-26)19-6-5-7-21-18(19)9-11-35(21)25-22-20(32-24(33-25)23(29)30)12-16(13-31-22)14-34-10-8-17(36)15-34/h5-7,12-13,17,23,36H,8-11,14-15H2,1-4H3/t17-/m1/s1. The smallest absolute Gasteiger partial charge is 0.399 e. The Bertz CT molecular complexity index is 1370. The Hall–Kier alpha value is -2.73. The van der Waals surface area contributed by atoms with Crippen molar-refractivity contribution in [3.05, 3.63) is 47.4 Å². The van der Waals surface area contributed by atoms with Crippen LogP contribution in [0.15, 0.2) is 30.5 Å². The molecule has 5 heterocycles. The maximum absolute atomic E-state index is 13.9. The summed E-state index contributed by atoms with van der Waals surface area (Å²) in [7, 11) is -0.515. The quantitative estimate of drug-likeness (QED) is 0.509. The average molecular weight is 523 g/mol. The molecule has 1 N–H and O–H groups in total. The van der Waals surface area contributed by atoms with E-state index in [1.807, 2.05) is 56.9 Å². The highest BCUT2D eigenvalue weighted by Gasteiger charge is 2.52. The molecule has 3 aromatic rings. The summed E-state index contributed by atoms with van der Waals surface area (Å²) in [5, 5.41) is 9.84. The van der Waals surface area contributed by atoms with E-state index in [1.54, 1.807) is 6.20 Å². The van der Waals surface area contributed by atoms with Gasteiger partial charge in [0.15, 0.2) is 11.6 Å². The highest BCUT2D eigenvalue weighted by Crippen LogP contribution is 2.40. The molecule has 0 spiro atoms. The van der Waals surface area contributed by atoms with Gasteiger partial charge in [0.05, 0.1) is 22.8 Å². The molecule has 1 aromatic carbocycles. The van der Waals surface area contributed by atoms with E-state index >= 15 is 0 Å². The second kappa shape index (κ2) is 9.19. The molecule has 1 atom stereocenters. The Balaban J connectivity index is 1.38. The molecular weight excluding hydrogens is 491 g/mol. The topological polar surface area (TPSA) is 83.8 Å². The third kappa shape index (κ3) is 4.35. The third-order valence-corrected chi connectivity index (χ3v) is 8.27. The molecule has 3 aliphatic rings. The monoisotopic (exact) mass is 523 g/mol. The van der Waals surface area contributed by atoms with Crippen LogP contribution in [0.2, 0.25) is 0 Å². The van der Waals surface area contributed by atoms with Crippen LogP contribution in [0.25, 0.3) is 11.0 Å². The molecule has 11 heteroatoms. The van der Waals surface area contributed by atoms with Crippen molar-refractivity contribution < 1.29 is 23.2 Å². The lowest BCUT2D eigenvalue weighted by Gasteiger charge is -2.32. The Morgan fingerprint density at radius 3 is 2.58 bits per heavy atom. The van der Waals surface area contributed by atoms with E-state index in [-0.39, 0.29) is 6.10 Å². The summed E-state index contributed by atoms with van der Waals surface area (Å²) in [5.74, 6) is -0.142. The number of hydrogen-bond acceptors (Lipinski definition) is 8. The van der Waals surface area contributed by atoms with Gasteiger partial charge >= 0.3 is 7.12 Å². The van der Waals surface area contributed by atoms with Gasteiger partial charge in [0, 0.05) is 38.1 Å². The Morgan fingerprint density at radius 1 is 1.13 bits per heavy atom. The van der Waals surface area contributed by atoms with E-state index in [2.05, 4.69) is 19.9 Å². The summed E-state index contributed by atoms with van der Waals surface area (Å²) < 4.78 is 40.4. The number of pyridine rings is 1. The van der Waals surface area contributed by atoms with Gasteiger partial charge in [-0.05, 0) is 69.3 Å². The Morgan fingerprint density at radius 2 is 1.89 bits per heavy atom. The van der Waals surface area contributed by atoms with Crippen LogP contribution in [0.5, 0.6) is 0 Å². The van der Waals surface area contributed by atoms with E-state index in [9.17, 15) is 13.9 Å². The van der Waals surface area contributed by atoms with Crippen molar-refractivity contribution in [2.75, 3.05) is 24.5 Å². The van der Waals surface area contributed by atoms with Crippen LogP contribution in [0, 0.1) is 0 Å². The molecule has 0 unspecified atom stereocenters. The number of likely N-dealkylation sites (tertiary alicyclic amines) is 1. The highest BCUT2D eigenvalue weighted by molar-refractivity contribution is 6.62. The van der Waals surface area contributed by atoms with Gasteiger partial charge in [-0.15, -0.1) is 0 Å². The van der Waals surface area contributed by atoms with Gasteiger partial charge in [-0.2, -0.15) is 0 Å². The zero-order chi connectivity index (χ0) is 26.8. The lowest BCUT2D eigenvalue weighted by molar-refractivity contribution is 0.00578. The van der Waals surface area contributed by atoms with Crippen LogP contribution in [-0.2, 0) is 22.3 Å². The minimum Gasteiger partial charge on any atom is -0.399 e. The molecule has 2 aromatic heterocycles. The predicted molar refractivity (Wildman–Crippen MR) is 141 cm³/mol. The number of fused-ring (bicyclic) bond motifs is 2. The molecular formula is C27H32BF2N5O3. The van der Waals surface area contributed by atoms with Gasteiger partial charge in [0.2, 0.25) is 0 Å². The first-order valence-electron chi connectivity index (χ1n) is 13.1. The molecule has 0 aliphatic carbocycles. The maximum atomic E-state index is 13.9. The van der Waals surface area contributed by atoms with Crippen LogP contribution in [0.3, 0.4) is 0 Å². The zero-order valence-corrected chi connectivity index (χ0v) is 22.1. The number of aliphatic hydroxyl groups is 1. The van der Waals surface area contributed by atoms with Gasteiger partial charge < -0.3 is 19.3 Å². The fourth-order valence-electron chi connectivity index (χ4n) is 5.52. The Kier molecular flexibility index (Phi) is 6.18. The normalized spacial score (nSPS) is 22.7. The summed E-state index contributed by atoms with van der Waals surface area (Å²) in [6.07, 6.45) is 0.0273. The molecule has 38 heavy (non-hydrogen) atoms. The summed E-state index contributed by atoms with van der Waals surface area (Å²) in [4.78, 5) is 17.2. The fourth-order valence-corrected chi connectivity index (χ4v) is 5.52. The van der Waals surface area contributed by atoms with E-state index in [1.165, 1.54) is 0 Å². The summed E-state index contributed by atoms with van der Waals surface area (Å²) in [6, 6.07) is 7.72. The SMILES string of the molecule is CC1(C)OB(c2cccc3c2CCN3c2nc(C(F)F)nc3cc(CN4CC[C@@H](O)C4)cnc23)OC1(C)C. The lowest BCUT2D eigenvalue weighted by atomic mass is 9.75. The van der Waals surface area contributed by atoms with Crippen molar-refractivity contribution in [3.63, 3.8) is 0 Å². The van der Waals surface area contributed by atoms with Crippen molar-refractivity contribution in [3.8, 4) is 0 Å². The van der Waals surface area contributed by atoms with Crippen molar-refractivity contribution in [1.82, 2.24) is 19.9 Å². The summed E-state index contributed by atoms with van der Waals surface area (Å²) in [6.45, 7) is 10.6. The van der Waals surface area contributed by atoms with E-state index in [0.717, 1.165) is 35.2 Å². The van der Waals surface area contributed by atoms with Crippen LogP contribution in [0.1, 0.15) is 57.5 Å². The molecule has 0 amide bonds. The van der Waals surface area contributed by atoms with Crippen LogP contribution >= 0.6 is 0 Å². The van der Waals surface area contributed by atoms with E-state index < -0.39 is 30.6 Å². The van der Waals surface area contributed by atoms with E-state index in [4.69, 9.17) is 9.31 Å². The predicted octanol–water partition coefficient (Wildman–Crippen LogP) is 3.52. The minimum absolute atomic E-state index is 0.333. The molecule has 8 nitrogen and oxygen atoms in total. The molecule has 6 rings (SSSR count). The van der Waals surface area contributed by atoms with Gasteiger partial charge in [0.1, 0.15) is 5.52 Å². The maximum Gasteiger partial charge on any atom is 0.495 e. The number of aromatic nitrogens is 3. The number of rotatable bonds is 5. The number of aliphatic hydroxyl groups excluding tert-OH is 1. The first-order chi connectivity index (χ1) is 18.0. The highest BCUT2D eigenvalue weighted by atomic mass is 19.3. The molecule has 2 fully saturated rings. The van der Waals surface area contributed by atoms with Crippen LogP contribution < -0.4 is 10.4 Å². The van der Waals surface area contributed by atoms with Gasteiger partial charge in [-0.1, -0.05) is 12.1 Å². The van der Waals surface area contributed by atoms with Crippen molar-refractivity contribution in [2.24, 2.45) is 0 Å². The Labute approximate surface area is 221 Å². The number of benzene rings is 1. The zero-order valence-electron chi connectivity index (χ0n) is 22.1. The van der Waals surface area contributed by atoms with Crippen molar-refractivity contribution in [1.29, 1.82) is 0 Å². The number of β-amino-alcohol motifs (C(OH)–C–C–N with tert-alkyl or cyclic N) is 1. The largest absolute Gasteiger partial charge is 0.495 e. The second-order valence-corrected chi connectivity index (χ2v) is 11.4. The van der Waals surface area contributed by atoms with Crippen molar-refractivity contribution in [2.45, 2.75) is 70.8 Å². The lowest BCUT2D eigenvalue weighted by Crippen LogP contribution is -2.41. The summed E-state index contributed by atoms with van der Waals surface area (Å²) >= 11 is 0. The number of halogens is 2. The number of anilines is 2. The molecule has 2 saturated heterocycles. The van der Waals surface area contributed by atoms with Gasteiger partial charge in [0.25, 0.3) is 6.43 Å². The average Bonchev–Trinajstić information content (AvgIpc) is 3.53. The van der Waals surface area contributed by atoms with Gasteiger partial charge in [-0.3, -0.25) is 9.88 Å². The molecule has 0 bridgehead atoms. The van der Waals surface area contributed by atoms with Crippen LogP contribution in [0.4, 0.5) is 20.3 Å². The molecule has 3 aliphatic heterocycles. The number of alkyl halides is 2. The second-order valence-electron chi connectivity index (χ2n) is 11.4. The molecule has 0 radical (unpaired) electrons. The minimum atomic E-state index is -2.81. The third-order valence-electron chi connectivity index (χ3n) is 8.27. The van der Waals surface area contributed by atoms with Gasteiger partial charge in [-0.25, -0.2) is 18.7 Å². The molecule has 0 saturated carbocycles.